The predicted molar refractivity (Wildman–Crippen MR) is 93.8 cm³/mol. The average molecular weight is 343 g/mol. The van der Waals surface area contributed by atoms with Crippen molar-refractivity contribution in [2.45, 2.75) is 46.8 Å². The van der Waals surface area contributed by atoms with Gasteiger partial charge in [0.1, 0.15) is 5.69 Å². The predicted octanol–water partition coefficient (Wildman–Crippen LogP) is 1.70. The lowest BCUT2D eigenvalue weighted by molar-refractivity contribution is -0.136. The maximum absolute atomic E-state index is 12.2. The molecular formula is C18H25N5O2. The number of nitrogens with zero attached hydrogens (tertiary/aromatic N) is 3. The zero-order valence-corrected chi connectivity index (χ0v) is 15.0. The maximum Gasteiger partial charge on any atom is 0.268 e. The minimum atomic E-state index is -0.137. The molecule has 7 heteroatoms. The van der Waals surface area contributed by atoms with E-state index in [-0.39, 0.29) is 17.7 Å². The molecule has 0 spiro atoms. The van der Waals surface area contributed by atoms with Crippen LogP contribution in [0, 0.1) is 5.92 Å². The molecule has 7 nitrogen and oxygen atoms in total. The summed E-state index contributed by atoms with van der Waals surface area (Å²) >= 11 is 0. The summed E-state index contributed by atoms with van der Waals surface area (Å²) in [5, 5.41) is 7.42. The fourth-order valence-corrected chi connectivity index (χ4v) is 3.01. The Labute approximate surface area is 147 Å². The van der Waals surface area contributed by atoms with E-state index in [1.165, 1.54) is 0 Å². The number of carbonyl (C=O) groups is 2. The second-order valence-corrected chi connectivity index (χ2v) is 6.70. The van der Waals surface area contributed by atoms with Gasteiger partial charge < -0.3 is 15.2 Å². The Morgan fingerprint density at radius 3 is 2.80 bits per heavy atom. The van der Waals surface area contributed by atoms with Gasteiger partial charge in [-0.15, -0.1) is 0 Å². The van der Waals surface area contributed by atoms with E-state index in [0.29, 0.717) is 31.9 Å². The first-order valence-corrected chi connectivity index (χ1v) is 8.78. The summed E-state index contributed by atoms with van der Waals surface area (Å²) in [4.78, 5) is 29.3. The molecule has 3 heterocycles. The summed E-state index contributed by atoms with van der Waals surface area (Å²) in [5.41, 5.74) is 3.43. The molecule has 2 amide bonds. The zero-order chi connectivity index (χ0) is 18.0. The molecule has 1 aliphatic rings. The van der Waals surface area contributed by atoms with Crippen LogP contribution in [0.2, 0.25) is 0 Å². The lowest BCUT2D eigenvalue weighted by Gasteiger charge is -2.29. The molecule has 2 aromatic rings. The van der Waals surface area contributed by atoms with E-state index in [9.17, 15) is 9.59 Å². The van der Waals surface area contributed by atoms with Crippen molar-refractivity contribution in [1.82, 2.24) is 25.0 Å². The highest BCUT2D eigenvalue weighted by molar-refractivity contribution is 5.92. The summed E-state index contributed by atoms with van der Waals surface area (Å²) in [6.07, 6.45) is 0.868. The van der Waals surface area contributed by atoms with Gasteiger partial charge in [-0.25, -0.2) is 0 Å². The molecule has 3 rings (SSSR count). The van der Waals surface area contributed by atoms with Crippen LogP contribution in [-0.4, -0.2) is 38.0 Å². The minimum Gasteiger partial charge on any atom is -0.354 e. The molecule has 0 aliphatic carbocycles. The number of amides is 2. The van der Waals surface area contributed by atoms with Gasteiger partial charge in [0, 0.05) is 18.2 Å². The molecule has 0 radical (unpaired) electrons. The Hall–Kier alpha value is -2.57. The lowest BCUT2D eigenvalue weighted by Crippen LogP contribution is -2.40. The number of carbonyl (C=O) groups excluding carboxylic acids is 2. The molecular weight excluding hydrogens is 318 g/mol. The largest absolute Gasteiger partial charge is 0.354 e. The molecule has 1 aliphatic heterocycles. The number of aryl methyl sites for hydroxylation is 1. The molecule has 0 fully saturated rings. The minimum absolute atomic E-state index is 0.00189. The molecule has 25 heavy (non-hydrogen) atoms. The normalized spacial score (nSPS) is 13.8. The van der Waals surface area contributed by atoms with Crippen molar-refractivity contribution in [2.75, 3.05) is 6.54 Å². The topological polar surface area (TPSA) is 83.0 Å². The van der Waals surface area contributed by atoms with Crippen LogP contribution in [0.3, 0.4) is 0 Å². The van der Waals surface area contributed by atoms with E-state index in [0.717, 1.165) is 23.5 Å². The molecule has 2 aromatic heterocycles. The Morgan fingerprint density at radius 1 is 1.32 bits per heavy atom. The molecule has 0 bridgehead atoms. The van der Waals surface area contributed by atoms with Crippen molar-refractivity contribution >= 4 is 11.8 Å². The van der Waals surface area contributed by atoms with Crippen molar-refractivity contribution < 1.29 is 9.59 Å². The number of aromatic nitrogens is 3. The monoisotopic (exact) mass is 343 g/mol. The third-order valence-electron chi connectivity index (χ3n) is 4.46. The highest BCUT2D eigenvalue weighted by Gasteiger charge is 2.24. The quantitative estimate of drug-likeness (QED) is 0.867. The first-order valence-electron chi connectivity index (χ1n) is 8.78. The Balaban J connectivity index is 1.60. The van der Waals surface area contributed by atoms with Crippen molar-refractivity contribution in [3.05, 3.63) is 41.0 Å². The van der Waals surface area contributed by atoms with E-state index in [2.05, 4.69) is 15.4 Å². The average Bonchev–Trinajstić information content (AvgIpc) is 3.24. The standard InChI is InChI=1S/C18H25N5O2/c1-4-13-5-6-16(20-13)17(24)19-10-14-9-15-11-22(18(25)12(2)3)7-8-23(15)21-14/h5-6,9,12,20H,4,7-8,10-11H2,1-3H3,(H,19,24). The van der Waals surface area contributed by atoms with E-state index in [1.54, 1.807) is 6.07 Å². The van der Waals surface area contributed by atoms with Gasteiger partial charge in [0.05, 0.1) is 31.0 Å². The maximum atomic E-state index is 12.2. The molecule has 0 saturated heterocycles. The highest BCUT2D eigenvalue weighted by atomic mass is 16.2. The summed E-state index contributed by atoms with van der Waals surface area (Å²) in [7, 11) is 0. The van der Waals surface area contributed by atoms with Gasteiger partial charge in [-0.2, -0.15) is 5.10 Å². The van der Waals surface area contributed by atoms with Gasteiger partial charge in [0.2, 0.25) is 5.91 Å². The smallest absolute Gasteiger partial charge is 0.268 e. The molecule has 0 aromatic carbocycles. The van der Waals surface area contributed by atoms with Gasteiger partial charge in [-0.05, 0) is 24.6 Å². The van der Waals surface area contributed by atoms with Crippen LogP contribution >= 0.6 is 0 Å². The number of hydrogen-bond donors (Lipinski definition) is 2. The number of aromatic amines is 1. The van der Waals surface area contributed by atoms with Gasteiger partial charge in [0.15, 0.2) is 0 Å². The van der Waals surface area contributed by atoms with Gasteiger partial charge in [-0.1, -0.05) is 20.8 Å². The fraction of sp³-hybridized carbons (Fsp3) is 0.500. The van der Waals surface area contributed by atoms with Gasteiger partial charge in [-0.3, -0.25) is 14.3 Å². The number of hydrogen-bond acceptors (Lipinski definition) is 3. The summed E-state index contributed by atoms with van der Waals surface area (Å²) < 4.78 is 1.93. The number of H-pyrrole nitrogens is 1. The van der Waals surface area contributed by atoms with Crippen molar-refractivity contribution in [3.8, 4) is 0 Å². The SMILES string of the molecule is CCc1ccc(C(=O)NCc2cc3n(n2)CCN(C(=O)C(C)C)C3)[nH]1. The molecule has 0 saturated carbocycles. The van der Waals surface area contributed by atoms with Crippen LogP contribution in [0.4, 0.5) is 0 Å². The molecule has 134 valence electrons. The van der Waals surface area contributed by atoms with Gasteiger partial charge in [0.25, 0.3) is 5.91 Å². The summed E-state index contributed by atoms with van der Waals surface area (Å²) in [5.74, 6) is 0.0325. The van der Waals surface area contributed by atoms with Crippen LogP contribution in [0.25, 0.3) is 0 Å². The van der Waals surface area contributed by atoms with Crippen LogP contribution < -0.4 is 5.32 Å². The number of nitrogens with one attached hydrogen (secondary N) is 2. The Morgan fingerprint density at radius 2 is 2.12 bits per heavy atom. The summed E-state index contributed by atoms with van der Waals surface area (Å²) in [6.45, 7) is 8.19. The highest BCUT2D eigenvalue weighted by Crippen LogP contribution is 2.16. The van der Waals surface area contributed by atoms with Crippen LogP contribution in [-0.2, 0) is 30.8 Å². The fourth-order valence-electron chi connectivity index (χ4n) is 3.01. The van der Waals surface area contributed by atoms with E-state index in [4.69, 9.17) is 0 Å². The van der Waals surface area contributed by atoms with Crippen LogP contribution in [0.15, 0.2) is 18.2 Å². The Kier molecular flexibility index (Phi) is 4.92. The van der Waals surface area contributed by atoms with Gasteiger partial charge >= 0.3 is 0 Å². The van der Waals surface area contributed by atoms with E-state index < -0.39 is 0 Å². The zero-order valence-electron chi connectivity index (χ0n) is 15.0. The van der Waals surface area contributed by atoms with Crippen molar-refractivity contribution in [2.24, 2.45) is 5.92 Å². The molecule has 0 unspecified atom stereocenters. The number of fused-ring (bicyclic) bond motifs is 1. The first-order chi connectivity index (χ1) is 12.0. The van der Waals surface area contributed by atoms with E-state index >= 15 is 0 Å². The molecule has 0 atom stereocenters. The summed E-state index contributed by atoms with van der Waals surface area (Å²) in [6, 6.07) is 5.68. The van der Waals surface area contributed by atoms with Crippen LogP contribution in [0.1, 0.15) is 48.3 Å². The lowest BCUT2D eigenvalue weighted by atomic mass is 10.1. The Bertz CT molecular complexity index is 774. The van der Waals surface area contributed by atoms with Crippen molar-refractivity contribution in [1.29, 1.82) is 0 Å². The van der Waals surface area contributed by atoms with E-state index in [1.807, 2.05) is 42.5 Å². The third-order valence-corrected chi connectivity index (χ3v) is 4.46. The number of rotatable bonds is 5. The first kappa shape index (κ1) is 17.3. The molecule has 2 N–H and O–H groups in total. The van der Waals surface area contributed by atoms with Crippen LogP contribution in [0.5, 0.6) is 0 Å². The second-order valence-electron chi connectivity index (χ2n) is 6.70. The van der Waals surface area contributed by atoms with Crippen molar-refractivity contribution in [3.63, 3.8) is 0 Å². The second kappa shape index (κ2) is 7.13. The third kappa shape index (κ3) is 3.75.